The third-order valence-electron chi connectivity index (χ3n) is 4.83. The normalized spacial score (nSPS) is 21.4. The van der Waals surface area contributed by atoms with Crippen LogP contribution in [0.4, 0.5) is 5.69 Å². The van der Waals surface area contributed by atoms with Gasteiger partial charge in [0.2, 0.25) is 11.8 Å². The molecule has 0 bridgehead atoms. The van der Waals surface area contributed by atoms with Gasteiger partial charge in [-0.15, -0.1) is 0 Å². The van der Waals surface area contributed by atoms with Crippen molar-refractivity contribution in [2.45, 2.75) is 25.0 Å². The van der Waals surface area contributed by atoms with Gasteiger partial charge in [-0.05, 0) is 30.3 Å². The fraction of sp³-hybridized carbons (Fsp3) is 0.350. The van der Waals surface area contributed by atoms with Gasteiger partial charge in [-0.3, -0.25) is 9.59 Å². The van der Waals surface area contributed by atoms with Gasteiger partial charge in [-0.25, -0.2) is 4.98 Å². The summed E-state index contributed by atoms with van der Waals surface area (Å²) in [6.45, 7) is 1.53. The summed E-state index contributed by atoms with van der Waals surface area (Å²) >= 11 is 12.1. The van der Waals surface area contributed by atoms with Gasteiger partial charge >= 0.3 is 0 Å². The van der Waals surface area contributed by atoms with Crippen LogP contribution in [0.25, 0.3) is 0 Å². The van der Waals surface area contributed by atoms with Gasteiger partial charge in [0, 0.05) is 36.3 Å². The molecule has 1 aromatic carbocycles. The number of carbonyl (C=O) groups is 2. The summed E-state index contributed by atoms with van der Waals surface area (Å²) in [5, 5.41) is 3.73. The van der Waals surface area contributed by atoms with Gasteiger partial charge in [0.05, 0.1) is 24.8 Å². The number of benzene rings is 1. The number of hydrogen-bond donors (Lipinski definition) is 1. The number of nitrogens with zero attached hydrogens (tertiary/aromatic N) is 2. The number of nitrogens with one attached hydrogen (secondary N) is 1. The second kappa shape index (κ2) is 8.57. The Kier molecular flexibility index (Phi) is 5.89. The molecule has 0 aliphatic carbocycles. The summed E-state index contributed by atoms with van der Waals surface area (Å²) in [6.07, 6.45) is 2.33. The van der Waals surface area contributed by atoms with Crippen LogP contribution >= 0.6 is 23.2 Å². The molecular weight excluding hydrogens is 417 g/mol. The smallest absolute Gasteiger partial charge is 0.253 e. The quantitative estimate of drug-likeness (QED) is 0.780. The standard InChI is InChI=1S/C20H19Cl2N3O4/c21-13-1-3-15(4-2-13)25-10-14(8-18(25)26)24-19(27)12-7-17(22)20(23-9-12)29-16-5-6-28-11-16/h1-4,7,9,14,16H,5-6,8,10-11H2,(H,24,27). The minimum absolute atomic E-state index is 0.0590. The highest BCUT2D eigenvalue weighted by Gasteiger charge is 2.32. The largest absolute Gasteiger partial charge is 0.471 e. The molecule has 2 unspecified atom stereocenters. The molecule has 1 N–H and O–H groups in total. The number of rotatable bonds is 5. The second-order valence-corrected chi connectivity index (χ2v) is 7.81. The number of carbonyl (C=O) groups excluding carboxylic acids is 2. The summed E-state index contributed by atoms with van der Waals surface area (Å²) in [4.78, 5) is 30.7. The molecule has 3 heterocycles. The Morgan fingerprint density at radius 1 is 1.28 bits per heavy atom. The SMILES string of the molecule is O=C(NC1CC(=O)N(c2ccc(Cl)cc2)C1)c1cnc(OC2CCOC2)c(Cl)c1. The fourth-order valence-electron chi connectivity index (χ4n) is 3.34. The highest BCUT2D eigenvalue weighted by atomic mass is 35.5. The zero-order chi connectivity index (χ0) is 20.4. The van der Waals surface area contributed by atoms with Crippen molar-refractivity contribution in [3.8, 4) is 5.88 Å². The van der Waals surface area contributed by atoms with E-state index in [4.69, 9.17) is 32.7 Å². The minimum atomic E-state index is -0.342. The predicted octanol–water partition coefficient (Wildman–Crippen LogP) is 3.09. The minimum Gasteiger partial charge on any atom is -0.471 e. The van der Waals surface area contributed by atoms with Gasteiger partial charge in [0.1, 0.15) is 11.1 Å². The average molecular weight is 436 g/mol. The zero-order valence-corrected chi connectivity index (χ0v) is 16.9. The van der Waals surface area contributed by atoms with Gasteiger partial charge in [-0.1, -0.05) is 23.2 Å². The van der Waals surface area contributed by atoms with E-state index in [9.17, 15) is 9.59 Å². The predicted molar refractivity (Wildman–Crippen MR) is 109 cm³/mol. The van der Waals surface area contributed by atoms with Gasteiger partial charge in [0.25, 0.3) is 5.91 Å². The van der Waals surface area contributed by atoms with Crippen LogP contribution < -0.4 is 15.0 Å². The lowest BCUT2D eigenvalue weighted by atomic mass is 10.2. The lowest BCUT2D eigenvalue weighted by molar-refractivity contribution is -0.117. The van der Waals surface area contributed by atoms with Crippen molar-refractivity contribution < 1.29 is 19.1 Å². The van der Waals surface area contributed by atoms with Crippen molar-refractivity contribution in [2.24, 2.45) is 0 Å². The molecule has 7 nitrogen and oxygen atoms in total. The number of anilines is 1. The zero-order valence-electron chi connectivity index (χ0n) is 15.4. The molecule has 29 heavy (non-hydrogen) atoms. The highest BCUT2D eigenvalue weighted by molar-refractivity contribution is 6.32. The first kappa shape index (κ1) is 19.9. The molecule has 2 aromatic rings. The maximum Gasteiger partial charge on any atom is 0.253 e. The van der Waals surface area contributed by atoms with Crippen LogP contribution in [0.15, 0.2) is 36.5 Å². The van der Waals surface area contributed by atoms with E-state index in [0.717, 1.165) is 12.1 Å². The number of halogens is 2. The number of aromatic nitrogens is 1. The van der Waals surface area contributed by atoms with Gasteiger partial charge in [-0.2, -0.15) is 0 Å². The lowest BCUT2D eigenvalue weighted by Gasteiger charge is -2.17. The summed E-state index contributed by atoms with van der Waals surface area (Å²) in [5.41, 5.74) is 1.06. The van der Waals surface area contributed by atoms with E-state index in [1.807, 2.05) is 0 Å². The third-order valence-corrected chi connectivity index (χ3v) is 5.36. The van der Waals surface area contributed by atoms with Crippen molar-refractivity contribution in [3.63, 3.8) is 0 Å². The van der Waals surface area contributed by atoms with Crippen molar-refractivity contribution >= 4 is 40.7 Å². The molecule has 2 saturated heterocycles. The highest BCUT2D eigenvalue weighted by Crippen LogP contribution is 2.26. The Balaban J connectivity index is 1.38. The summed E-state index contributed by atoms with van der Waals surface area (Å²) < 4.78 is 11.0. The van der Waals surface area contributed by atoms with Crippen molar-refractivity contribution in [3.05, 3.63) is 52.1 Å². The molecule has 2 atom stereocenters. The van der Waals surface area contributed by atoms with E-state index < -0.39 is 0 Å². The summed E-state index contributed by atoms with van der Waals surface area (Å²) in [5.74, 6) is -0.120. The van der Waals surface area contributed by atoms with E-state index in [2.05, 4.69) is 10.3 Å². The maximum absolute atomic E-state index is 12.6. The molecular formula is C20H19Cl2N3O4. The van der Waals surface area contributed by atoms with E-state index in [1.165, 1.54) is 12.3 Å². The molecule has 2 aliphatic rings. The van der Waals surface area contributed by atoms with Crippen LogP contribution in [0.3, 0.4) is 0 Å². The number of pyridine rings is 1. The Bertz CT molecular complexity index is 916. The molecule has 9 heteroatoms. The topological polar surface area (TPSA) is 80.8 Å². The molecule has 152 valence electrons. The Morgan fingerprint density at radius 2 is 2.07 bits per heavy atom. The number of hydrogen-bond acceptors (Lipinski definition) is 5. The van der Waals surface area contributed by atoms with Crippen LogP contribution in [-0.2, 0) is 9.53 Å². The van der Waals surface area contributed by atoms with E-state index in [1.54, 1.807) is 29.2 Å². The Labute approximate surface area is 177 Å². The monoisotopic (exact) mass is 435 g/mol. The van der Waals surface area contributed by atoms with Crippen LogP contribution in [0, 0.1) is 0 Å². The van der Waals surface area contributed by atoms with Crippen molar-refractivity contribution in [1.82, 2.24) is 10.3 Å². The second-order valence-electron chi connectivity index (χ2n) is 6.97. The molecule has 2 amide bonds. The maximum atomic E-state index is 12.6. The van der Waals surface area contributed by atoms with E-state index >= 15 is 0 Å². The molecule has 2 fully saturated rings. The number of ether oxygens (including phenoxy) is 2. The molecule has 2 aliphatic heterocycles. The molecule has 4 rings (SSSR count). The van der Waals surface area contributed by atoms with E-state index in [-0.39, 0.29) is 41.3 Å². The first-order valence-electron chi connectivity index (χ1n) is 9.26. The first-order chi connectivity index (χ1) is 14.0. The molecule has 1 aromatic heterocycles. The van der Waals surface area contributed by atoms with Crippen LogP contribution in [-0.4, -0.2) is 48.7 Å². The van der Waals surface area contributed by atoms with Gasteiger partial charge < -0.3 is 19.7 Å². The average Bonchev–Trinajstić information content (AvgIpc) is 3.33. The van der Waals surface area contributed by atoms with Crippen LogP contribution in [0.5, 0.6) is 5.88 Å². The Morgan fingerprint density at radius 3 is 2.76 bits per heavy atom. The molecule has 0 spiro atoms. The summed E-state index contributed by atoms with van der Waals surface area (Å²) in [6, 6.07) is 8.22. The summed E-state index contributed by atoms with van der Waals surface area (Å²) in [7, 11) is 0. The molecule has 0 saturated carbocycles. The lowest BCUT2D eigenvalue weighted by Crippen LogP contribution is -2.37. The van der Waals surface area contributed by atoms with Crippen molar-refractivity contribution in [2.75, 3.05) is 24.7 Å². The van der Waals surface area contributed by atoms with Gasteiger partial charge in [0.15, 0.2) is 0 Å². The fourth-order valence-corrected chi connectivity index (χ4v) is 3.68. The van der Waals surface area contributed by atoms with Crippen LogP contribution in [0.1, 0.15) is 23.2 Å². The molecule has 0 radical (unpaired) electrons. The van der Waals surface area contributed by atoms with Crippen LogP contribution in [0.2, 0.25) is 10.0 Å². The third kappa shape index (κ3) is 4.63. The van der Waals surface area contributed by atoms with E-state index in [0.29, 0.717) is 30.3 Å². The Hall–Kier alpha value is -2.35. The first-order valence-corrected chi connectivity index (χ1v) is 10.0. The number of amides is 2. The van der Waals surface area contributed by atoms with Crippen molar-refractivity contribution in [1.29, 1.82) is 0 Å².